The first-order chi connectivity index (χ1) is 8.10. The van der Waals surface area contributed by atoms with Crippen molar-refractivity contribution in [1.29, 1.82) is 0 Å². The number of carbonyl (C=O) groups excluding carboxylic acids is 2. The maximum absolute atomic E-state index is 13.5. The fraction of sp³-hybridized carbons (Fsp3) is 0.333. The van der Waals surface area contributed by atoms with Crippen molar-refractivity contribution in [3.63, 3.8) is 0 Å². The summed E-state index contributed by atoms with van der Waals surface area (Å²) >= 11 is 0. The van der Waals surface area contributed by atoms with Crippen LogP contribution >= 0.6 is 0 Å². The highest BCUT2D eigenvalue weighted by Gasteiger charge is 2.18. The average Bonchev–Trinajstić information content (AvgIpc) is 2.34. The fourth-order valence-electron chi connectivity index (χ4n) is 1.39. The molecule has 0 aliphatic heterocycles. The first kappa shape index (κ1) is 13.2. The van der Waals surface area contributed by atoms with Crippen LogP contribution in [0.4, 0.5) is 4.39 Å². The third-order valence-corrected chi connectivity index (χ3v) is 2.26. The van der Waals surface area contributed by atoms with E-state index in [0.717, 1.165) is 0 Å². The highest BCUT2D eigenvalue weighted by molar-refractivity contribution is 6.00. The van der Waals surface area contributed by atoms with E-state index < -0.39 is 17.6 Å². The molecule has 1 aromatic carbocycles. The fourth-order valence-corrected chi connectivity index (χ4v) is 1.39. The van der Waals surface area contributed by atoms with Crippen LogP contribution < -0.4 is 4.74 Å². The van der Waals surface area contributed by atoms with E-state index >= 15 is 0 Å². The van der Waals surface area contributed by atoms with E-state index in [1.165, 1.54) is 32.4 Å². The molecule has 0 amide bonds. The van der Waals surface area contributed by atoms with E-state index in [4.69, 9.17) is 4.74 Å². The maximum atomic E-state index is 13.5. The summed E-state index contributed by atoms with van der Waals surface area (Å²) < 4.78 is 22.8. The molecule has 0 aliphatic rings. The van der Waals surface area contributed by atoms with Gasteiger partial charge in [0.05, 0.1) is 26.2 Å². The molecule has 1 aromatic rings. The van der Waals surface area contributed by atoms with Crippen molar-refractivity contribution in [2.75, 3.05) is 14.2 Å². The van der Waals surface area contributed by atoms with Gasteiger partial charge in [0.1, 0.15) is 11.6 Å². The van der Waals surface area contributed by atoms with Crippen molar-refractivity contribution in [3.05, 3.63) is 29.6 Å². The quantitative estimate of drug-likeness (QED) is 0.583. The SMILES string of the molecule is COC(=O)CCC(=O)c1c(F)cccc1OC. The van der Waals surface area contributed by atoms with Gasteiger partial charge in [-0.1, -0.05) is 6.07 Å². The highest BCUT2D eigenvalue weighted by atomic mass is 19.1. The van der Waals surface area contributed by atoms with Gasteiger partial charge in [0.25, 0.3) is 0 Å². The molecular weight excluding hydrogens is 227 g/mol. The number of esters is 1. The first-order valence-corrected chi connectivity index (χ1v) is 5.02. The molecule has 1 rings (SSSR count). The zero-order valence-electron chi connectivity index (χ0n) is 9.66. The molecule has 5 heteroatoms. The Morgan fingerprint density at radius 1 is 1.24 bits per heavy atom. The second-order valence-electron chi connectivity index (χ2n) is 3.32. The van der Waals surface area contributed by atoms with Crippen LogP contribution in [0.1, 0.15) is 23.2 Å². The number of benzene rings is 1. The molecule has 0 spiro atoms. The largest absolute Gasteiger partial charge is 0.496 e. The summed E-state index contributed by atoms with van der Waals surface area (Å²) in [6, 6.07) is 4.12. The van der Waals surface area contributed by atoms with Gasteiger partial charge in [-0.05, 0) is 12.1 Å². The third-order valence-electron chi connectivity index (χ3n) is 2.26. The molecule has 0 radical (unpaired) electrons. The average molecular weight is 240 g/mol. The number of Topliss-reactive ketones (excluding diaryl/α,β-unsaturated/α-hetero) is 1. The lowest BCUT2D eigenvalue weighted by Crippen LogP contribution is -2.09. The smallest absolute Gasteiger partial charge is 0.305 e. The summed E-state index contributed by atoms with van der Waals surface area (Å²) in [6.07, 6.45) is -0.184. The number of ether oxygens (including phenoxy) is 2. The number of halogens is 1. The number of hydrogen-bond donors (Lipinski definition) is 0. The number of ketones is 1. The van der Waals surface area contributed by atoms with Crippen LogP contribution in [0.25, 0.3) is 0 Å². The van der Waals surface area contributed by atoms with Crippen LogP contribution in [0.5, 0.6) is 5.75 Å². The number of hydrogen-bond acceptors (Lipinski definition) is 4. The van der Waals surface area contributed by atoms with Crippen LogP contribution in [0.15, 0.2) is 18.2 Å². The summed E-state index contributed by atoms with van der Waals surface area (Å²) in [4.78, 5) is 22.6. The second kappa shape index (κ2) is 5.98. The van der Waals surface area contributed by atoms with Gasteiger partial charge in [-0.25, -0.2) is 4.39 Å². The maximum Gasteiger partial charge on any atom is 0.305 e. The van der Waals surface area contributed by atoms with Crippen LogP contribution in [0.2, 0.25) is 0 Å². The molecule has 92 valence electrons. The molecule has 0 aromatic heterocycles. The Bertz CT molecular complexity index is 429. The summed E-state index contributed by atoms with van der Waals surface area (Å²) in [6.45, 7) is 0. The first-order valence-electron chi connectivity index (χ1n) is 5.02. The molecular formula is C12H13FO4. The van der Waals surface area contributed by atoms with E-state index in [9.17, 15) is 14.0 Å². The molecule has 0 unspecified atom stereocenters. The Labute approximate surface area is 98.3 Å². The van der Waals surface area contributed by atoms with E-state index in [1.54, 1.807) is 0 Å². The van der Waals surface area contributed by atoms with Gasteiger partial charge in [0, 0.05) is 6.42 Å². The number of rotatable bonds is 5. The lowest BCUT2D eigenvalue weighted by atomic mass is 10.0. The van der Waals surface area contributed by atoms with E-state index in [-0.39, 0.29) is 24.2 Å². The molecule has 0 bridgehead atoms. The van der Waals surface area contributed by atoms with Gasteiger partial charge in [0.15, 0.2) is 5.78 Å². The highest BCUT2D eigenvalue weighted by Crippen LogP contribution is 2.23. The van der Waals surface area contributed by atoms with Crippen LogP contribution in [0, 0.1) is 5.82 Å². The minimum atomic E-state index is -0.654. The molecule has 0 N–H and O–H groups in total. The summed E-state index contributed by atoms with van der Waals surface area (Å²) in [5, 5.41) is 0. The predicted molar refractivity (Wildman–Crippen MR) is 58.5 cm³/mol. The zero-order chi connectivity index (χ0) is 12.8. The topological polar surface area (TPSA) is 52.6 Å². The van der Waals surface area contributed by atoms with Crippen molar-refractivity contribution in [2.24, 2.45) is 0 Å². The summed E-state index contributed by atoms with van der Waals surface area (Å²) in [7, 11) is 2.59. The van der Waals surface area contributed by atoms with Crippen LogP contribution in [0.3, 0.4) is 0 Å². The Balaban J connectivity index is 2.85. The molecule has 0 fully saturated rings. The van der Waals surface area contributed by atoms with Crippen LogP contribution in [-0.4, -0.2) is 26.0 Å². The van der Waals surface area contributed by atoms with E-state index in [1.807, 2.05) is 0 Å². The molecule has 0 heterocycles. The van der Waals surface area contributed by atoms with Gasteiger partial charge in [-0.2, -0.15) is 0 Å². The monoisotopic (exact) mass is 240 g/mol. The third kappa shape index (κ3) is 3.27. The van der Waals surface area contributed by atoms with Gasteiger partial charge in [-0.3, -0.25) is 9.59 Å². The Hall–Kier alpha value is -1.91. The Morgan fingerprint density at radius 2 is 1.94 bits per heavy atom. The minimum Gasteiger partial charge on any atom is -0.496 e. The lowest BCUT2D eigenvalue weighted by Gasteiger charge is -2.07. The van der Waals surface area contributed by atoms with Crippen molar-refractivity contribution in [3.8, 4) is 5.75 Å². The minimum absolute atomic E-state index is 0.0766. The second-order valence-corrected chi connectivity index (χ2v) is 3.32. The van der Waals surface area contributed by atoms with Gasteiger partial charge >= 0.3 is 5.97 Å². The molecule has 0 saturated carbocycles. The lowest BCUT2D eigenvalue weighted by molar-refractivity contribution is -0.140. The Kier molecular flexibility index (Phi) is 4.63. The van der Waals surface area contributed by atoms with Crippen LogP contribution in [-0.2, 0) is 9.53 Å². The van der Waals surface area contributed by atoms with Crippen molar-refractivity contribution in [2.45, 2.75) is 12.8 Å². The molecule has 0 aliphatic carbocycles. The number of methoxy groups -OCH3 is 2. The van der Waals surface area contributed by atoms with Gasteiger partial charge in [-0.15, -0.1) is 0 Å². The van der Waals surface area contributed by atoms with Gasteiger partial charge in [0.2, 0.25) is 0 Å². The molecule has 0 atom stereocenters. The number of carbonyl (C=O) groups is 2. The van der Waals surface area contributed by atoms with Gasteiger partial charge < -0.3 is 9.47 Å². The van der Waals surface area contributed by atoms with E-state index in [2.05, 4.69) is 4.74 Å². The normalized spacial score (nSPS) is 9.82. The van der Waals surface area contributed by atoms with Crippen molar-refractivity contribution < 1.29 is 23.5 Å². The molecule has 4 nitrogen and oxygen atoms in total. The molecule has 0 saturated heterocycles. The van der Waals surface area contributed by atoms with Crippen molar-refractivity contribution in [1.82, 2.24) is 0 Å². The van der Waals surface area contributed by atoms with Crippen molar-refractivity contribution >= 4 is 11.8 Å². The molecule has 17 heavy (non-hydrogen) atoms. The standard InChI is InChI=1S/C12H13FO4/c1-16-10-5-3-4-8(13)12(10)9(14)6-7-11(15)17-2/h3-5H,6-7H2,1-2H3. The Morgan fingerprint density at radius 3 is 2.53 bits per heavy atom. The zero-order valence-corrected chi connectivity index (χ0v) is 9.66. The summed E-state index contributed by atoms with van der Waals surface area (Å²) in [5.41, 5.74) is -0.126. The summed E-state index contributed by atoms with van der Waals surface area (Å²) in [5.74, 6) is -1.47. The predicted octanol–water partition coefficient (Wildman–Crippen LogP) is 1.97. The van der Waals surface area contributed by atoms with E-state index in [0.29, 0.717) is 0 Å².